The van der Waals surface area contributed by atoms with Crippen LogP contribution in [0, 0.1) is 5.92 Å². The van der Waals surface area contributed by atoms with Crippen molar-refractivity contribution in [2.24, 2.45) is 5.92 Å². The van der Waals surface area contributed by atoms with Gasteiger partial charge in [-0.2, -0.15) is 0 Å². The molecule has 1 saturated carbocycles. The lowest BCUT2D eigenvalue weighted by molar-refractivity contribution is -0.123. The van der Waals surface area contributed by atoms with Gasteiger partial charge in [-0.05, 0) is 49.9 Å². The van der Waals surface area contributed by atoms with Crippen molar-refractivity contribution in [2.75, 3.05) is 6.54 Å². The van der Waals surface area contributed by atoms with Crippen molar-refractivity contribution in [3.8, 4) is 0 Å². The van der Waals surface area contributed by atoms with Crippen molar-refractivity contribution < 1.29 is 4.79 Å². The highest BCUT2D eigenvalue weighted by molar-refractivity contribution is 5.83. The van der Waals surface area contributed by atoms with E-state index in [4.69, 9.17) is 0 Å². The number of Topliss-reactive ketones (excluding diaryl/α,β-unsaturated/α-hetero) is 1. The van der Waals surface area contributed by atoms with Crippen molar-refractivity contribution in [1.29, 1.82) is 0 Å². The molecule has 1 aliphatic heterocycles. The number of nitrogens with zero attached hydrogens (tertiary/aromatic N) is 2. The minimum absolute atomic E-state index is 0.308. The monoisotopic (exact) mass is 258 g/mol. The molecule has 3 nitrogen and oxygen atoms in total. The summed E-state index contributed by atoms with van der Waals surface area (Å²) in [6, 6.07) is 4.65. The molecule has 0 bridgehead atoms. The summed E-state index contributed by atoms with van der Waals surface area (Å²) in [6.45, 7) is 2.10. The average Bonchev–Trinajstić information content (AvgIpc) is 2.87. The van der Waals surface area contributed by atoms with Gasteiger partial charge in [0, 0.05) is 37.3 Å². The van der Waals surface area contributed by atoms with Crippen molar-refractivity contribution in [2.45, 2.75) is 51.1 Å². The fraction of sp³-hybridized carbons (Fsp3) is 0.625. The van der Waals surface area contributed by atoms with Gasteiger partial charge in [0.25, 0.3) is 0 Å². The minimum atomic E-state index is 0.308. The first kappa shape index (κ1) is 12.8. The molecule has 102 valence electrons. The van der Waals surface area contributed by atoms with Crippen LogP contribution in [0.4, 0.5) is 0 Å². The predicted octanol–water partition coefficient (Wildman–Crippen LogP) is 2.81. The molecule has 1 saturated heterocycles. The minimum Gasteiger partial charge on any atom is -0.299 e. The maximum atomic E-state index is 12.0. The average molecular weight is 258 g/mol. The van der Waals surface area contributed by atoms with Gasteiger partial charge in [0.2, 0.25) is 0 Å². The summed E-state index contributed by atoms with van der Waals surface area (Å²) >= 11 is 0. The second kappa shape index (κ2) is 5.83. The predicted molar refractivity (Wildman–Crippen MR) is 74.6 cm³/mol. The molecule has 2 aliphatic rings. The number of rotatable bonds is 3. The molecule has 2 unspecified atom stereocenters. The fourth-order valence-corrected chi connectivity index (χ4v) is 3.64. The van der Waals surface area contributed by atoms with Crippen LogP contribution in [0.5, 0.6) is 0 Å². The maximum absolute atomic E-state index is 12.0. The van der Waals surface area contributed by atoms with Crippen LogP contribution in [0.2, 0.25) is 0 Å². The van der Waals surface area contributed by atoms with Crippen LogP contribution in [0.15, 0.2) is 24.5 Å². The summed E-state index contributed by atoms with van der Waals surface area (Å²) in [4.78, 5) is 18.6. The van der Waals surface area contributed by atoms with Crippen LogP contribution >= 0.6 is 0 Å². The largest absolute Gasteiger partial charge is 0.299 e. The fourth-order valence-electron chi connectivity index (χ4n) is 3.64. The standard InChI is InChI=1S/C16H22N2O/c19-16-6-3-4-14(16)15-5-1-2-11-18(15)12-13-7-9-17-10-8-13/h7-10,14-15H,1-6,11-12H2. The van der Waals surface area contributed by atoms with E-state index in [1.807, 2.05) is 12.4 Å². The number of hydrogen-bond donors (Lipinski definition) is 0. The number of ketones is 1. The Kier molecular flexibility index (Phi) is 3.92. The Morgan fingerprint density at radius 1 is 1.16 bits per heavy atom. The first-order valence-corrected chi connectivity index (χ1v) is 7.50. The summed E-state index contributed by atoms with van der Waals surface area (Å²) in [5.41, 5.74) is 1.31. The van der Waals surface area contributed by atoms with Gasteiger partial charge in [-0.3, -0.25) is 14.7 Å². The van der Waals surface area contributed by atoms with Crippen molar-refractivity contribution in [1.82, 2.24) is 9.88 Å². The topological polar surface area (TPSA) is 33.2 Å². The molecule has 1 aromatic heterocycles. The summed E-state index contributed by atoms with van der Waals surface area (Å²) in [7, 11) is 0. The van der Waals surface area contributed by atoms with Crippen LogP contribution in [-0.2, 0) is 11.3 Å². The Bertz CT molecular complexity index is 432. The second-order valence-corrected chi connectivity index (χ2v) is 5.85. The molecule has 1 aromatic rings. The zero-order valence-corrected chi connectivity index (χ0v) is 11.4. The van der Waals surface area contributed by atoms with E-state index < -0.39 is 0 Å². The van der Waals surface area contributed by atoms with Gasteiger partial charge in [0.15, 0.2) is 0 Å². The number of carbonyl (C=O) groups excluding carboxylic acids is 1. The van der Waals surface area contributed by atoms with E-state index in [9.17, 15) is 4.79 Å². The molecule has 0 spiro atoms. The molecule has 3 rings (SSSR count). The second-order valence-electron chi connectivity index (χ2n) is 5.85. The zero-order chi connectivity index (χ0) is 13.1. The van der Waals surface area contributed by atoms with E-state index in [2.05, 4.69) is 22.0 Å². The molecule has 19 heavy (non-hydrogen) atoms. The maximum Gasteiger partial charge on any atom is 0.137 e. The molecular formula is C16H22N2O. The van der Waals surface area contributed by atoms with Crippen molar-refractivity contribution in [3.63, 3.8) is 0 Å². The number of likely N-dealkylation sites (tertiary alicyclic amines) is 1. The zero-order valence-electron chi connectivity index (χ0n) is 11.4. The molecule has 0 N–H and O–H groups in total. The molecule has 3 heteroatoms. The van der Waals surface area contributed by atoms with Crippen LogP contribution < -0.4 is 0 Å². The third kappa shape index (κ3) is 2.86. The number of aromatic nitrogens is 1. The van der Waals surface area contributed by atoms with Crippen LogP contribution in [0.25, 0.3) is 0 Å². The quantitative estimate of drug-likeness (QED) is 0.836. The van der Waals surface area contributed by atoms with E-state index in [-0.39, 0.29) is 0 Å². The van der Waals surface area contributed by atoms with E-state index in [0.29, 0.717) is 17.7 Å². The molecule has 0 aromatic carbocycles. The SMILES string of the molecule is O=C1CCCC1C1CCCCN1Cc1ccncc1. The number of piperidine rings is 1. The summed E-state index contributed by atoms with van der Waals surface area (Å²) in [5.74, 6) is 0.814. The van der Waals surface area contributed by atoms with E-state index in [1.165, 1.54) is 24.8 Å². The van der Waals surface area contributed by atoms with Gasteiger partial charge in [-0.1, -0.05) is 6.42 Å². The number of pyridine rings is 1. The van der Waals surface area contributed by atoms with Gasteiger partial charge in [0.05, 0.1) is 0 Å². The molecular weight excluding hydrogens is 236 g/mol. The lowest BCUT2D eigenvalue weighted by Gasteiger charge is -2.38. The summed E-state index contributed by atoms with van der Waals surface area (Å²) in [5, 5.41) is 0. The Morgan fingerprint density at radius 3 is 2.74 bits per heavy atom. The summed E-state index contributed by atoms with van der Waals surface area (Å²) in [6.07, 6.45) is 10.5. The molecule has 2 atom stereocenters. The normalized spacial score (nSPS) is 28.7. The van der Waals surface area contributed by atoms with E-state index >= 15 is 0 Å². The van der Waals surface area contributed by atoms with Crippen molar-refractivity contribution in [3.05, 3.63) is 30.1 Å². The van der Waals surface area contributed by atoms with Gasteiger partial charge >= 0.3 is 0 Å². The Morgan fingerprint density at radius 2 is 2.00 bits per heavy atom. The van der Waals surface area contributed by atoms with Crippen LogP contribution in [-0.4, -0.2) is 28.3 Å². The Balaban J connectivity index is 1.72. The Labute approximate surface area is 115 Å². The van der Waals surface area contributed by atoms with Crippen LogP contribution in [0.3, 0.4) is 0 Å². The molecule has 2 fully saturated rings. The van der Waals surface area contributed by atoms with Gasteiger partial charge in [-0.25, -0.2) is 0 Å². The van der Waals surface area contributed by atoms with Gasteiger partial charge in [0.1, 0.15) is 5.78 Å². The lowest BCUT2D eigenvalue weighted by atomic mass is 9.88. The lowest BCUT2D eigenvalue weighted by Crippen LogP contribution is -2.44. The third-order valence-electron chi connectivity index (χ3n) is 4.62. The van der Waals surface area contributed by atoms with E-state index in [0.717, 1.165) is 32.4 Å². The van der Waals surface area contributed by atoms with Crippen LogP contribution in [0.1, 0.15) is 44.1 Å². The van der Waals surface area contributed by atoms with Crippen molar-refractivity contribution >= 4 is 5.78 Å². The first-order chi connectivity index (χ1) is 9.34. The smallest absolute Gasteiger partial charge is 0.137 e. The summed E-state index contributed by atoms with van der Waals surface area (Å²) < 4.78 is 0. The molecule has 1 aliphatic carbocycles. The van der Waals surface area contributed by atoms with Gasteiger partial charge < -0.3 is 0 Å². The molecule has 2 heterocycles. The highest BCUT2D eigenvalue weighted by Gasteiger charge is 2.36. The first-order valence-electron chi connectivity index (χ1n) is 7.50. The highest BCUT2D eigenvalue weighted by Crippen LogP contribution is 2.33. The van der Waals surface area contributed by atoms with E-state index in [1.54, 1.807) is 0 Å². The highest BCUT2D eigenvalue weighted by atomic mass is 16.1. The molecule has 0 amide bonds. The third-order valence-corrected chi connectivity index (χ3v) is 4.62. The number of hydrogen-bond acceptors (Lipinski definition) is 3. The van der Waals surface area contributed by atoms with Gasteiger partial charge in [-0.15, -0.1) is 0 Å². The molecule has 0 radical (unpaired) electrons. The number of carbonyl (C=O) groups is 1. The Hall–Kier alpha value is -1.22.